The maximum absolute atomic E-state index is 11.4. The van der Waals surface area contributed by atoms with Crippen molar-refractivity contribution in [3.05, 3.63) is 24.3 Å². The maximum atomic E-state index is 11.4. The third-order valence-corrected chi connectivity index (χ3v) is 2.77. The summed E-state index contributed by atoms with van der Waals surface area (Å²) in [5.41, 5.74) is 0.568. The second-order valence-corrected chi connectivity index (χ2v) is 3.61. The lowest BCUT2D eigenvalue weighted by atomic mass is 10.2. The molecule has 2 rings (SSSR count). The van der Waals surface area contributed by atoms with Crippen LogP contribution in [0.4, 0.5) is 21.0 Å². The molecule has 0 atom stereocenters. The third-order valence-electron chi connectivity index (χ3n) is 2.77. The molecular weight excluding hydrogens is 260 g/mol. The number of amidine groups is 1. The summed E-state index contributed by atoms with van der Waals surface area (Å²) >= 11 is 0. The van der Waals surface area contributed by atoms with Gasteiger partial charge in [-0.2, -0.15) is 14.6 Å². The van der Waals surface area contributed by atoms with Gasteiger partial charge in [0.2, 0.25) is 5.84 Å². The van der Waals surface area contributed by atoms with Crippen LogP contribution in [0.2, 0.25) is 0 Å². The van der Waals surface area contributed by atoms with Crippen molar-refractivity contribution in [1.29, 1.82) is 0 Å². The number of amides is 2. The van der Waals surface area contributed by atoms with Crippen LogP contribution in [0.25, 0.3) is 0 Å². The fourth-order valence-corrected chi connectivity index (χ4v) is 2.02. The van der Waals surface area contributed by atoms with Gasteiger partial charge in [0.25, 0.3) is 0 Å². The highest BCUT2D eigenvalue weighted by atomic mass is 35.5. The van der Waals surface area contributed by atoms with Gasteiger partial charge in [-0.25, -0.2) is 0 Å². The zero-order chi connectivity index (χ0) is 12.6. The first kappa shape index (κ1) is 14.1. The zero-order valence-corrected chi connectivity index (χ0v) is 10.3. The van der Waals surface area contributed by atoms with Crippen LogP contribution in [0, 0.1) is 0 Å². The van der Waals surface area contributed by atoms with E-state index in [-0.39, 0.29) is 30.4 Å². The molecule has 96 valence electrons. The number of carboxylic acid groups (broad SMARTS) is 2. The molecule has 0 fully saturated rings. The lowest BCUT2D eigenvalue weighted by Crippen LogP contribution is -3.00. The number of aliphatic imine (C=N–C) groups is 1. The second kappa shape index (κ2) is 4.75. The van der Waals surface area contributed by atoms with Gasteiger partial charge >= 0.3 is 12.2 Å². The second-order valence-electron chi connectivity index (χ2n) is 3.61. The number of halogens is 1. The summed E-state index contributed by atoms with van der Waals surface area (Å²) in [6.45, 7) is 1.68. The predicted molar refractivity (Wildman–Crippen MR) is 61.7 cm³/mol. The van der Waals surface area contributed by atoms with Crippen molar-refractivity contribution in [2.75, 3.05) is 0 Å². The highest BCUT2D eigenvalue weighted by molar-refractivity contribution is 6.26. The fraction of sp³-hybridized carbons (Fsp3) is 0.182. The first-order chi connectivity index (χ1) is 8.05. The van der Waals surface area contributed by atoms with Crippen molar-refractivity contribution in [3.8, 4) is 0 Å². The Morgan fingerprint density at radius 3 is 2.28 bits per heavy atom. The van der Waals surface area contributed by atoms with Gasteiger partial charge in [-0.15, -0.1) is 0 Å². The van der Waals surface area contributed by atoms with Crippen molar-refractivity contribution < 1.29 is 32.2 Å². The van der Waals surface area contributed by atoms with Crippen LogP contribution in [-0.4, -0.2) is 28.2 Å². The number of fused-ring (bicyclic) bond motifs is 1. The topological polar surface area (TPSA) is 87.0 Å². The first-order valence-corrected chi connectivity index (χ1v) is 5.09. The third kappa shape index (κ3) is 1.58. The van der Waals surface area contributed by atoms with Gasteiger partial charge in [0.1, 0.15) is 5.69 Å². The molecule has 1 heterocycles. The summed E-state index contributed by atoms with van der Waals surface area (Å²) in [6.07, 6.45) is -2.65. The molecule has 0 aliphatic carbocycles. The molecular formula is C11H11ClN2O4. The summed E-state index contributed by atoms with van der Waals surface area (Å²) in [5.74, 6) is 0.103. The van der Waals surface area contributed by atoms with Crippen LogP contribution in [-0.2, 0) is 0 Å². The molecule has 2 N–H and O–H groups in total. The molecule has 0 radical (unpaired) electrons. The number of carbonyl (C=O) groups is 2. The van der Waals surface area contributed by atoms with Gasteiger partial charge in [0.15, 0.2) is 5.69 Å². The SMILES string of the molecule is CCC1=Nc2ccccc2[N+]1(C(=O)O)C(=O)O.[Cl-]. The number of nitrogens with zero attached hydrogens (tertiary/aromatic N) is 2. The zero-order valence-electron chi connectivity index (χ0n) is 9.50. The summed E-state index contributed by atoms with van der Waals surface area (Å²) in [7, 11) is 0. The van der Waals surface area contributed by atoms with Crippen molar-refractivity contribution in [1.82, 2.24) is 4.48 Å². The quantitative estimate of drug-likeness (QED) is 0.693. The lowest BCUT2D eigenvalue weighted by Gasteiger charge is -2.21. The van der Waals surface area contributed by atoms with Gasteiger partial charge in [-0.05, 0) is 10.5 Å². The molecule has 0 saturated heterocycles. The average Bonchev–Trinajstić information content (AvgIpc) is 2.63. The van der Waals surface area contributed by atoms with Gasteiger partial charge in [-0.3, -0.25) is 0 Å². The van der Waals surface area contributed by atoms with Crippen LogP contribution in [0.5, 0.6) is 0 Å². The van der Waals surface area contributed by atoms with E-state index in [1.54, 1.807) is 25.1 Å². The van der Waals surface area contributed by atoms with E-state index in [0.717, 1.165) is 0 Å². The van der Waals surface area contributed by atoms with E-state index in [9.17, 15) is 19.8 Å². The van der Waals surface area contributed by atoms with Crippen LogP contribution >= 0.6 is 0 Å². The molecule has 1 aliphatic rings. The predicted octanol–water partition coefficient (Wildman–Crippen LogP) is -0.192. The molecule has 0 aromatic heterocycles. The Labute approximate surface area is 109 Å². The smallest absolute Gasteiger partial charge is 0.536 e. The Balaban J connectivity index is 0.00000162. The van der Waals surface area contributed by atoms with Gasteiger partial charge < -0.3 is 22.6 Å². The van der Waals surface area contributed by atoms with E-state index in [4.69, 9.17) is 0 Å². The first-order valence-electron chi connectivity index (χ1n) is 5.09. The molecule has 18 heavy (non-hydrogen) atoms. The van der Waals surface area contributed by atoms with Crippen molar-refractivity contribution >= 4 is 29.4 Å². The molecule has 1 aliphatic heterocycles. The number of hydrogen-bond donors (Lipinski definition) is 2. The highest BCUT2D eigenvalue weighted by Gasteiger charge is 2.57. The normalized spacial score (nSPS) is 15.3. The highest BCUT2D eigenvalue weighted by Crippen LogP contribution is 2.41. The number of hydrogen-bond acceptors (Lipinski definition) is 3. The minimum Gasteiger partial charge on any atom is -1.00 e. The van der Waals surface area contributed by atoms with Gasteiger partial charge in [0, 0.05) is 12.5 Å². The molecule has 1 aromatic carbocycles. The number of quaternary nitrogens is 1. The average molecular weight is 271 g/mol. The van der Waals surface area contributed by atoms with E-state index in [0.29, 0.717) is 5.69 Å². The standard InChI is InChI=1S/C11H10N2O4.ClH/c1-2-9-12-7-5-3-4-6-8(7)13(9,10(14)15)11(16)17;/h3-6H,2H2,1H3,(H-,14,15,16,17);1H. The fourth-order valence-electron chi connectivity index (χ4n) is 2.02. The summed E-state index contributed by atoms with van der Waals surface area (Å²) in [5, 5.41) is 18.6. The van der Waals surface area contributed by atoms with Crippen LogP contribution in [0.3, 0.4) is 0 Å². The van der Waals surface area contributed by atoms with E-state index in [2.05, 4.69) is 4.99 Å². The lowest BCUT2D eigenvalue weighted by molar-refractivity contribution is -0.0000190. The Hall–Kier alpha value is -1.92. The monoisotopic (exact) mass is 270 g/mol. The van der Waals surface area contributed by atoms with Crippen molar-refractivity contribution in [3.63, 3.8) is 0 Å². The van der Waals surface area contributed by atoms with Gasteiger partial charge in [0.05, 0.1) is 0 Å². The van der Waals surface area contributed by atoms with Crippen molar-refractivity contribution in [2.45, 2.75) is 13.3 Å². The van der Waals surface area contributed by atoms with E-state index in [1.165, 1.54) is 6.07 Å². The largest absolute Gasteiger partial charge is 1.00 e. The Kier molecular flexibility index (Phi) is 3.73. The molecule has 2 amide bonds. The van der Waals surface area contributed by atoms with Gasteiger partial charge in [-0.1, -0.05) is 19.1 Å². The van der Waals surface area contributed by atoms with Crippen LogP contribution in [0.15, 0.2) is 29.3 Å². The Morgan fingerprint density at radius 2 is 1.78 bits per heavy atom. The van der Waals surface area contributed by atoms with Crippen LogP contribution < -0.4 is 16.9 Å². The Bertz CT molecular complexity index is 528. The van der Waals surface area contributed by atoms with E-state index < -0.39 is 16.7 Å². The number of imide groups is 1. The molecule has 0 unspecified atom stereocenters. The van der Waals surface area contributed by atoms with E-state index >= 15 is 0 Å². The molecule has 1 aromatic rings. The minimum absolute atomic E-state index is 0. The summed E-state index contributed by atoms with van der Waals surface area (Å²) < 4.78 is -1.24. The summed E-state index contributed by atoms with van der Waals surface area (Å²) in [4.78, 5) is 26.9. The van der Waals surface area contributed by atoms with E-state index in [1.807, 2.05) is 0 Å². The maximum Gasteiger partial charge on any atom is 0.536 e. The molecule has 0 saturated carbocycles. The number of rotatable bonds is 1. The number of benzene rings is 1. The summed E-state index contributed by atoms with van der Waals surface area (Å²) in [6, 6.07) is 6.38. The minimum atomic E-state index is -1.46. The van der Waals surface area contributed by atoms with Crippen molar-refractivity contribution in [2.24, 2.45) is 4.99 Å². The molecule has 0 spiro atoms. The molecule has 0 bridgehead atoms. The van der Waals surface area contributed by atoms with Crippen LogP contribution in [0.1, 0.15) is 13.3 Å². The Morgan fingerprint density at radius 1 is 1.22 bits per heavy atom. The number of para-hydroxylation sites is 2. The molecule has 6 nitrogen and oxygen atoms in total. The molecule has 7 heteroatoms.